The molecule has 0 aliphatic heterocycles. The largest absolute Gasteiger partial charge is 0.339 e. The Balaban J connectivity index is 1.73. The number of rotatable bonds is 5. The molecule has 3 rings (SSSR count). The van der Waals surface area contributed by atoms with Gasteiger partial charge in [0.25, 0.3) is 0 Å². The van der Waals surface area contributed by atoms with Crippen LogP contribution >= 0.6 is 0 Å². The van der Waals surface area contributed by atoms with Gasteiger partial charge in [-0.1, -0.05) is 43.3 Å². The summed E-state index contributed by atoms with van der Waals surface area (Å²) in [7, 11) is 0. The van der Waals surface area contributed by atoms with E-state index in [1.54, 1.807) is 0 Å². The fourth-order valence-electron chi connectivity index (χ4n) is 2.35. The minimum absolute atomic E-state index is 0.306. The van der Waals surface area contributed by atoms with E-state index in [2.05, 4.69) is 48.3 Å². The fraction of sp³-hybridized carbons (Fsp3) is 0.500. The van der Waals surface area contributed by atoms with E-state index in [1.807, 2.05) is 0 Å². The van der Waals surface area contributed by atoms with Crippen molar-refractivity contribution < 1.29 is 4.52 Å². The number of nitrogens with zero attached hydrogens (tertiary/aromatic N) is 2. The van der Waals surface area contributed by atoms with E-state index in [0.717, 1.165) is 30.7 Å². The first kappa shape index (κ1) is 13.3. The first-order chi connectivity index (χ1) is 9.63. The van der Waals surface area contributed by atoms with Crippen LogP contribution in [0.1, 0.15) is 61.5 Å². The normalized spacial score (nSPS) is 16.6. The van der Waals surface area contributed by atoms with Crippen LogP contribution in [0.2, 0.25) is 0 Å². The monoisotopic (exact) mass is 271 g/mol. The lowest BCUT2D eigenvalue weighted by Gasteiger charge is -2.09. The van der Waals surface area contributed by atoms with Crippen molar-refractivity contribution in [1.82, 2.24) is 10.1 Å². The molecule has 1 unspecified atom stereocenters. The Labute approximate surface area is 119 Å². The molecular formula is C16H21N3O. The Bertz CT molecular complexity index is 570. The molecule has 2 N–H and O–H groups in total. The Kier molecular flexibility index (Phi) is 3.57. The average Bonchev–Trinajstić information content (AvgIpc) is 3.16. The van der Waals surface area contributed by atoms with Crippen molar-refractivity contribution in [2.24, 2.45) is 11.7 Å². The molecule has 1 atom stereocenters. The quantitative estimate of drug-likeness (QED) is 0.907. The molecule has 20 heavy (non-hydrogen) atoms. The molecule has 1 saturated carbocycles. The van der Waals surface area contributed by atoms with E-state index >= 15 is 0 Å². The van der Waals surface area contributed by atoms with Crippen LogP contribution in [0.15, 0.2) is 28.8 Å². The van der Waals surface area contributed by atoms with Gasteiger partial charge in [0.15, 0.2) is 5.82 Å². The minimum atomic E-state index is -0.306. The Morgan fingerprint density at radius 1 is 1.25 bits per heavy atom. The van der Waals surface area contributed by atoms with E-state index in [9.17, 15) is 0 Å². The third-order valence-electron chi connectivity index (χ3n) is 3.64. The smallest absolute Gasteiger partial charge is 0.229 e. The molecule has 1 aromatic heterocycles. The van der Waals surface area contributed by atoms with E-state index in [4.69, 9.17) is 10.3 Å². The molecule has 106 valence electrons. The highest BCUT2D eigenvalue weighted by molar-refractivity contribution is 5.28. The van der Waals surface area contributed by atoms with Gasteiger partial charge < -0.3 is 10.3 Å². The maximum absolute atomic E-state index is 6.22. The highest BCUT2D eigenvalue weighted by Crippen LogP contribution is 2.39. The van der Waals surface area contributed by atoms with Gasteiger partial charge in [0.05, 0.1) is 6.04 Å². The lowest BCUT2D eigenvalue weighted by atomic mass is 9.99. The molecule has 1 aliphatic rings. The fourth-order valence-corrected chi connectivity index (χ4v) is 2.35. The first-order valence-electron chi connectivity index (χ1n) is 7.31. The number of hydrogen-bond acceptors (Lipinski definition) is 4. The summed E-state index contributed by atoms with van der Waals surface area (Å²) in [6.45, 7) is 4.44. The molecule has 0 bridgehead atoms. The second-order valence-electron chi connectivity index (χ2n) is 6.08. The van der Waals surface area contributed by atoms with Crippen LogP contribution in [0.4, 0.5) is 0 Å². The van der Waals surface area contributed by atoms with Crippen molar-refractivity contribution in [2.75, 3.05) is 0 Å². The molecule has 1 fully saturated rings. The first-order valence-corrected chi connectivity index (χ1v) is 7.31. The summed E-state index contributed by atoms with van der Waals surface area (Å²) in [6, 6.07) is 8.10. The van der Waals surface area contributed by atoms with Crippen molar-refractivity contribution in [3.63, 3.8) is 0 Å². The maximum atomic E-state index is 6.22. The van der Waals surface area contributed by atoms with Gasteiger partial charge in [0.2, 0.25) is 5.89 Å². The van der Waals surface area contributed by atoms with Crippen molar-refractivity contribution >= 4 is 0 Å². The average molecular weight is 271 g/mol. The number of benzene rings is 1. The zero-order chi connectivity index (χ0) is 14.1. The SMILES string of the molecule is CC(C)Cc1ccc(C(N)c2noc(C3CC3)n2)cc1. The Hall–Kier alpha value is -1.68. The van der Waals surface area contributed by atoms with Gasteiger partial charge >= 0.3 is 0 Å². The highest BCUT2D eigenvalue weighted by Gasteiger charge is 2.30. The molecule has 1 aromatic carbocycles. The van der Waals surface area contributed by atoms with Crippen LogP contribution < -0.4 is 5.73 Å². The topological polar surface area (TPSA) is 64.9 Å². The van der Waals surface area contributed by atoms with Crippen LogP contribution in [-0.2, 0) is 6.42 Å². The number of aromatic nitrogens is 2. The van der Waals surface area contributed by atoms with Crippen LogP contribution in [0.3, 0.4) is 0 Å². The molecule has 2 aromatic rings. The molecule has 1 heterocycles. The summed E-state index contributed by atoms with van der Waals surface area (Å²) in [6.07, 6.45) is 3.39. The van der Waals surface area contributed by atoms with Crippen molar-refractivity contribution in [2.45, 2.75) is 45.1 Å². The summed E-state index contributed by atoms with van der Waals surface area (Å²) >= 11 is 0. The minimum Gasteiger partial charge on any atom is -0.339 e. The molecule has 0 saturated heterocycles. The lowest BCUT2D eigenvalue weighted by Crippen LogP contribution is -2.13. The molecular weight excluding hydrogens is 250 g/mol. The molecule has 4 nitrogen and oxygen atoms in total. The summed E-state index contributed by atoms with van der Waals surface area (Å²) in [5, 5.41) is 4.01. The Morgan fingerprint density at radius 3 is 2.55 bits per heavy atom. The van der Waals surface area contributed by atoms with Gasteiger partial charge in [-0.15, -0.1) is 0 Å². The zero-order valence-corrected chi connectivity index (χ0v) is 12.0. The van der Waals surface area contributed by atoms with Crippen molar-refractivity contribution in [3.8, 4) is 0 Å². The van der Waals surface area contributed by atoms with Crippen molar-refractivity contribution in [3.05, 3.63) is 47.1 Å². The van der Waals surface area contributed by atoms with Gasteiger partial charge in [-0.3, -0.25) is 0 Å². The van der Waals surface area contributed by atoms with Gasteiger partial charge in [0, 0.05) is 5.92 Å². The van der Waals surface area contributed by atoms with E-state index in [-0.39, 0.29) is 6.04 Å². The van der Waals surface area contributed by atoms with Gasteiger partial charge in [-0.25, -0.2) is 0 Å². The predicted octanol–water partition coefficient (Wildman–Crippen LogP) is 3.19. The van der Waals surface area contributed by atoms with Crippen molar-refractivity contribution in [1.29, 1.82) is 0 Å². The van der Waals surface area contributed by atoms with Crippen LogP contribution in [0.5, 0.6) is 0 Å². The van der Waals surface area contributed by atoms with Crippen LogP contribution in [0.25, 0.3) is 0 Å². The molecule has 0 amide bonds. The van der Waals surface area contributed by atoms with E-state index < -0.39 is 0 Å². The molecule has 1 aliphatic carbocycles. The lowest BCUT2D eigenvalue weighted by molar-refractivity contribution is 0.372. The zero-order valence-electron chi connectivity index (χ0n) is 12.0. The molecule has 0 radical (unpaired) electrons. The Morgan fingerprint density at radius 2 is 1.95 bits per heavy atom. The highest BCUT2D eigenvalue weighted by atomic mass is 16.5. The number of hydrogen-bond donors (Lipinski definition) is 1. The second kappa shape index (κ2) is 5.37. The summed E-state index contributed by atoms with van der Waals surface area (Å²) < 4.78 is 5.27. The second-order valence-corrected chi connectivity index (χ2v) is 6.08. The molecule has 4 heteroatoms. The van der Waals surface area contributed by atoms with Crippen LogP contribution in [-0.4, -0.2) is 10.1 Å². The standard InChI is InChI=1S/C16H21N3O/c1-10(2)9-11-3-5-12(6-4-11)14(17)15-18-16(20-19-15)13-7-8-13/h3-6,10,13-14H,7-9,17H2,1-2H3. The maximum Gasteiger partial charge on any atom is 0.229 e. The van der Waals surface area contributed by atoms with Gasteiger partial charge in [-0.05, 0) is 36.3 Å². The summed E-state index contributed by atoms with van der Waals surface area (Å²) in [5.41, 5.74) is 8.58. The van der Waals surface area contributed by atoms with Crippen LogP contribution in [0, 0.1) is 5.92 Å². The van der Waals surface area contributed by atoms with Gasteiger partial charge in [0.1, 0.15) is 0 Å². The van der Waals surface area contributed by atoms with Gasteiger partial charge in [-0.2, -0.15) is 4.98 Å². The third-order valence-corrected chi connectivity index (χ3v) is 3.64. The summed E-state index contributed by atoms with van der Waals surface area (Å²) in [4.78, 5) is 4.42. The van der Waals surface area contributed by atoms with E-state index in [0.29, 0.717) is 17.7 Å². The van der Waals surface area contributed by atoms with E-state index in [1.165, 1.54) is 5.56 Å². The molecule has 0 spiro atoms. The third kappa shape index (κ3) is 2.90. The summed E-state index contributed by atoms with van der Waals surface area (Å²) in [5.74, 6) is 2.46. The predicted molar refractivity (Wildman–Crippen MR) is 77.3 cm³/mol. The number of nitrogens with two attached hydrogens (primary N) is 1.